The molecule has 0 saturated carbocycles. The van der Waals surface area contributed by atoms with Crippen molar-refractivity contribution >= 4 is 11.6 Å². The van der Waals surface area contributed by atoms with Crippen LogP contribution in [0.5, 0.6) is 0 Å². The third-order valence-electron chi connectivity index (χ3n) is 4.01. The van der Waals surface area contributed by atoms with Crippen LogP contribution < -0.4 is 10.2 Å². The Bertz CT molecular complexity index is 470. The van der Waals surface area contributed by atoms with Gasteiger partial charge in [0.05, 0.1) is 0 Å². The molecule has 1 fully saturated rings. The van der Waals surface area contributed by atoms with Crippen molar-refractivity contribution in [3.63, 3.8) is 0 Å². The summed E-state index contributed by atoms with van der Waals surface area (Å²) in [6, 6.07) is 2.68. The van der Waals surface area contributed by atoms with E-state index in [0.717, 1.165) is 43.6 Å². The summed E-state index contributed by atoms with van der Waals surface area (Å²) in [5.74, 6) is 2.84. The quantitative estimate of drug-likeness (QED) is 0.926. The van der Waals surface area contributed by atoms with E-state index in [0.29, 0.717) is 6.04 Å². The SMILES string of the molecule is CNc1cc(N2CCN(C(C)C)CC2)nc(C(C)(C)C)n1. The third-order valence-corrected chi connectivity index (χ3v) is 4.01. The lowest BCUT2D eigenvalue weighted by Gasteiger charge is -2.37. The average molecular weight is 291 g/mol. The topological polar surface area (TPSA) is 44.3 Å². The van der Waals surface area contributed by atoms with Gasteiger partial charge in [0.1, 0.15) is 17.5 Å². The Labute approximate surface area is 128 Å². The number of aromatic nitrogens is 2. The Morgan fingerprint density at radius 3 is 2.19 bits per heavy atom. The van der Waals surface area contributed by atoms with Gasteiger partial charge in [-0.1, -0.05) is 20.8 Å². The fourth-order valence-electron chi connectivity index (χ4n) is 2.53. The largest absolute Gasteiger partial charge is 0.373 e. The number of nitrogens with zero attached hydrogens (tertiary/aromatic N) is 4. The first-order valence-electron chi connectivity index (χ1n) is 7.87. The predicted octanol–water partition coefficient (Wildman–Crippen LogP) is 2.35. The van der Waals surface area contributed by atoms with E-state index in [4.69, 9.17) is 4.98 Å². The van der Waals surface area contributed by atoms with Gasteiger partial charge in [0, 0.05) is 50.7 Å². The first-order chi connectivity index (χ1) is 9.81. The summed E-state index contributed by atoms with van der Waals surface area (Å²) in [7, 11) is 1.91. The van der Waals surface area contributed by atoms with E-state index < -0.39 is 0 Å². The molecule has 1 aromatic heterocycles. The summed E-state index contributed by atoms with van der Waals surface area (Å²) >= 11 is 0. The van der Waals surface area contributed by atoms with Crippen molar-refractivity contribution in [1.82, 2.24) is 14.9 Å². The second-order valence-electron chi connectivity index (χ2n) is 7.05. The van der Waals surface area contributed by atoms with E-state index in [1.54, 1.807) is 0 Å². The van der Waals surface area contributed by atoms with Crippen LogP contribution in [-0.2, 0) is 5.41 Å². The van der Waals surface area contributed by atoms with E-state index in [2.05, 4.69) is 60.8 Å². The first kappa shape index (κ1) is 16.0. The number of rotatable bonds is 3. The minimum atomic E-state index is -0.0403. The molecular weight excluding hydrogens is 262 g/mol. The van der Waals surface area contributed by atoms with Gasteiger partial charge in [-0.25, -0.2) is 9.97 Å². The summed E-state index contributed by atoms with van der Waals surface area (Å²) in [6.45, 7) is 15.2. The molecule has 1 aliphatic rings. The molecule has 1 aliphatic heterocycles. The molecule has 0 amide bonds. The second-order valence-corrected chi connectivity index (χ2v) is 7.05. The van der Waals surface area contributed by atoms with Crippen molar-refractivity contribution in [2.75, 3.05) is 43.4 Å². The molecule has 2 rings (SSSR count). The van der Waals surface area contributed by atoms with Crippen LogP contribution in [0.3, 0.4) is 0 Å². The summed E-state index contributed by atoms with van der Waals surface area (Å²) < 4.78 is 0. The highest BCUT2D eigenvalue weighted by molar-refractivity contribution is 5.50. The van der Waals surface area contributed by atoms with Crippen LogP contribution in [0.2, 0.25) is 0 Å². The third kappa shape index (κ3) is 3.84. The summed E-state index contributed by atoms with van der Waals surface area (Å²) in [4.78, 5) is 14.3. The molecular formula is C16H29N5. The fourth-order valence-corrected chi connectivity index (χ4v) is 2.53. The van der Waals surface area contributed by atoms with E-state index in [1.165, 1.54) is 0 Å². The minimum absolute atomic E-state index is 0.0403. The maximum absolute atomic E-state index is 4.80. The first-order valence-corrected chi connectivity index (χ1v) is 7.87. The van der Waals surface area contributed by atoms with Crippen LogP contribution >= 0.6 is 0 Å². The van der Waals surface area contributed by atoms with Crippen LogP contribution in [0.1, 0.15) is 40.4 Å². The smallest absolute Gasteiger partial charge is 0.138 e. The normalized spacial score (nSPS) is 17.4. The minimum Gasteiger partial charge on any atom is -0.373 e. The van der Waals surface area contributed by atoms with Crippen LogP contribution in [0, 0.1) is 0 Å². The molecule has 0 atom stereocenters. The molecule has 1 saturated heterocycles. The lowest BCUT2D eigenvalue weighted by molar-refractivity contribution is 0.209. The van der Waals surface area contributed by atoms with Crippen molar-refractivity contribution in [1.29, 1.82) is 0 Å². The van der Waals surface area contributed by atoms with E-state index in [1.807, 2.05) is 7.05 Å². The Hall–Kier alpha value is -1.36. The van der Waals surface area contributed by atoms with Gasteiger partial charge in [0.2, 0.25) is 0 Å². The molecule has 0 aromatic carbocycles. The summed E-state index contributed by atoms with van der Waals surface area (Å²) in [6.07, 6.45) is 0. The number of nitrogens with one attached hydrogen (secondary N) is 1. The fraction of sp³-hybridized carbons (Fsp3) is 0.750. The molecule has 5 heteroatoms. The summed E-state index contributed by atoms with van der Waals surface area (Å²) in [5, 5.41) is 3.16. The molecule has 118 valence electrons. The van der Waals surface area contributed by atoms with Crippen molar-refractivity contribution in [3.05, 3.63) is 11.9 Å². The predicted molar refractivity (Wildman–Crippen MR) is 89.2 cm³/mol. The van der Waals surface area contributed by atoms with E-state index in [9.17, 15) is 0 Å². The van der Waals surface area contributed by atoms with Crippen LogP contribution in [0.25, 0.3) is 0 Å². The molecule has 0 bridgehead atoms. The highest BCUT2D eigenvalue weighted by atomic mass is 15.3. The van der Waals surface area contributed by atoms with Crippen molar-refractivity contribution < 1.29 is 0 Å². The van der Waals surface area contributed by atoms with Crippen LogP contribution in [0.15, 0.2) is 6.07 Å². The highest BCUT2D eigenvalue weighted by Crippen LogP contribution is 2.24. The van der Waals surface area contributed by atoms with Crippen LogP contribution in [-0.4, -0.2) is 54.1 Å². The van der Waals surface area contributed by atoms with E-state index >= 15 is 0 Å². The Balaban J connectivity index is 2.20. The lowest BCUT2D eigenvalue weighted by atomic mass is 9.96. The van der Waals surface area contributed by atoms with Crippen LogP contribution in [0.4, 0.5) is 11.6 Å². The molecule has 0 spiro atoms. The molecule has 0 unspecified atom stereocenters. The molecule has 21 heavy (non-hydrogen) atoms. The Morgan fingerprint density at radius 2 is 1.71 bits per heavy atom. The highest BCUT2D eigenvalue weighted by Gasteiger charge is 2.23. The zero-order valence-corrected chi connectivity index (χ0v) is 14.3. The summed E-state index contributed by atoms with van der Waals surface area (Å²) in [5.41, 5.74) is -0.0403. The number of piperazine rings is 1. The van der Waals surface area contributed by atoms with Gasteiger partial charge in [-0.3, -0.25) is 4.90 Å². The number of anilines is 2. The van der Waals surface area contributed by atoms with Gasteiger partial charge < -0.3 is 10.2 Å². The number of hydrogen-bond acceptors (Lipinski definition) is 5. The van der Waals surface area contributed by atoms with Crippen molar-refractivity contribution in [2.45, 2.75) is 46.1 Å². The van der Waals surface area contributed by atoms with Crippen molar-refractivity contribution in [2.24, 2.45) is 0 Å². The maximum Gasteiger partial charge on any atom is 0.138 e. The monoisotopic (exact) mass is 291 g/mol. The molecule has 0 aliphatic carbocycles. The molecule has 2 heterocycles. The van der Waals surface area contributed by atoms with Gasteiger partial charge in [-0.15, -0.1) is 0 Å². The van der Waals surface area contributed by atoms with Gasteiger partial charge in [-0.2, -0.15) is 0 Å². The average Bonchev–Trinajstić information content (AvgIpc) is 2.46. The zero-order chi connectivity index (χ0) is 15.6. The van der Waals surface area contributed by atoms with E-state index in [-0.39, 0.29) is 5.41 Å². The van der Waals surface area contributed by atoms with Gasteiger partial charge >= 0.3 is 0 Å². The standard InChI is InChI=1S/C16H29N5/c1-12(2)20-7-9-21(10-8-20)14-11-13(17-6)18-15(19-14)16(3,4)5/h11-12H,7-10H2,1-6H3,(H,17,18,19). The van der Waals surface area contributed by atoms with Gasteiger partial charge in [0.15, 0.2) is 0 Å². The maximum atomic E-state index is 4.80. The second kappa shape index (κ2) is 6.18. The number of hydrogen-bond donors (Lipinski definition) is 1. The zero-order valence-electron chi connectivity index (χ0n) is 14.3. The molecule has 0 radical (unpaired) electrons. The molecule has 1 N–H and O–H groups in total. The van der Waals surface area contributed by atoms with Gasteiger partial charge in [0.25, 0.3) is 0 Å². The van der Waals surface area contributed by atoms with Crippen molar-refractivity contribution in [3.8, 4) is 0 Å². The Morgan fingerprint density at radius 1 is 1.10 bits per heavy atom. The lowest BCUT2D eigenvalue weighted by Crippen LogP contribution is -2.49. The molecule has 5 nitrogen and oxygen atoms in total. The Kier molecular flexibility index (Phi) is 4.71. The van der Waals surface area contributed by atoms with Gasteiger partial charge in [-0.05, 0) is 13.8 Å². The molecule has 1 aromatic rings.